The lowest BCUT2D eigenvalue weighted by Crippen LogP contribution is -2.63. The van der Waals surface area contributed by atoms with Crippen LogP contribution in [0.5, 0.6) is 5.75 Å². The fourth-order valence-corrected chi connectivity index (χ4v) is 4.99. The predicted molar refractivity (Wildman–Crippen MR) is 119 cm³/mol. The van der Waals surface area contributed by atoms with E-state index in [4.69, 9.17) is 4.74 Å². The third kappa shape index (κ3) is 3.17. The Morgan fingerprint density at radius 3 is 2.61 bits per heavy atom. The maximum atomic E-state index is 13.5. The Hall–Kier alpha value is -3.28. The minimum Gasteiger partial charge on any atom is -0.497 e. The molecule has 2 amide bonds. The summed E-state index contributed by atoms with van der Waals surface area (Å²) < 4.78 is 5.32. The van der Waals surface area contributed by atoms with Gasteiger partial charge in [-0.05, 0) is 35.7 Å². The molecule has 3 aromatic rings. The van der Waals surface area contributed by atoms with Crippen LogP contribution in [0.3, 0.4) is 0 Å². The summed E-state index contributed by atoms with van der Waals surface area (Å²) in [5.41, 5.74) is 4.15. The Labute approximate surface area is 181 Å². The number of amides is 2. The Morgan fingerprint density at radius 1 is 1.10 bits per heavy atom. The van der Waals surface area contributed by atoms with Crippen molar-refractivity contribution in [2.24, 2.45) is 0 Å². The van der Waals surface area contributed by atoms with Crippen molar-refractivity contribution in [1.82, 2.24) is 14.8 Å². The second-order valence-electron chi connectivity index (χ2n) is 8.37. The molecule has 5 rings (SSSR count). The molecule has 2 atom stereocenters. The number of hydrogen-bond donors (Lipinski definition) is 1. The van der Waals surface area contributed by atoms with Crippen molar-refractivity contribution < 1.29 is 14.3 Å². The van der Waals surface area contributed by atoms with E-state index in [9.17, 15) is 9.59 Å². The molecule has 0 radical (unpaired) electrons. The summed E-state index contributed by atoms with van der Waals surface area (Å²) in [5.74, 6) is 0.827. The third-order valence-electron chi connectivity index (χ3n) is 6.56. The number of nitrogens with one attached hydrogen (secondary N) is 1. The molecule has 6 heteroatoms. The van der Waals surface area contributed by atoms with E-state index in [1.54, 1.807) is 12.0 Å². The van der Waals surface area contributed by atoms with E-state index in [-0.39, 0.29) is 24.4 Å². The largest absolute Gasteiger partial charge is 0.497 e. The minimum absolute atomic E-state index is 0.00540. The van der Waals surface area contributed by atoms with Gasteiger partial charge in [-0.3, -0.25) is 9.59 Å². The van der Waals surface area contributed by atoms with Gasteiger partial charge in [-0.25, -0.2) is 0 Å². The predicted octanol–water partition coefficient (Wildman–Crippen LogP) is 3.66. The third-order valence-corrected chi connectivity index (χ3v) is 6.56. The van der Waals surface area contributed by atoms with Gasteiger partial charge in [0.05, 0.1) is 19.7 Å². The molecule has 160 valence electrons. The number of fused-ring (bicyclic) bond motifs is 4. The van der Waals surface area contributed by atoms with Gasteiger partial charge in [-0.1, -0.05) is 43.7 Å². The number of carbonyl (C=O) groups excluding carboxylic acids is 2. The van der Waals surface area contributed by atoms with E-state index in [1.165, 1.54) is 0 Å². The lowest BCUT2D eigenvalue weighted by atomic mass is 9.86. The summed E-state index contributed by atoms with van der Waals surface area (Å²) in [6.07, 6.45) is 2.44. The summed E-state index contributed by atoms with van der Waals surface area (Å²) >= 11 is 0. The first-order chi connectivity index (χ1) is 15.1. The second-order valence-corrected chi connectivity index (χ2v) is 8.37. The lowest BCUT2D eigenvalue weighted by molar-refractivity contribution is -0.158. The van der Waals surface area contributed by atoms with Crippen LogP contribution in [0.2, 0.25) is 0 Å². The number of aromatic amines is 1. The molecule has 0 unspecified atom stereocenters. The second kappa shape index (κ2) is 7.76. The van der Waals surface area contributed by atoms with Crippen LogP contribution in [0.1, 0.15) is 42.6 Å². The summed E-state index contributed by atoms with van der Waals surface area (Å²) in [4.78, 5) is 33.9. The molecule has 1 fully saturated rings. The number of rotatable bonds is 5. The number of unbranched alkanes of at least 4 members (excludes halogenated alkanes) is 1. The van der Waals surface area contributed by atoms with Crippen LogP contribution in [0, 0.1) is 0 Å². The van der Waals surface area contributed by atoms with E-state index >= 15 is 0 Å². The van der Waals surface area contributed by atoms with Crippen LogP contribution in [-0.4, -0.2) is 52.8 Å². The highest BCUT2D eigenvalue weighted by atomic mass is 16.5. The van der Waals surface area contributed by atoms with Gasteiger partial charge in [-0.15, -0.1) is 0 Å². The monoisotopic (exact) mass is 417 g/mol. The molecular formula is C25H27N3O3. The van der Waals surface area contributed by atoms with Gasteiger partial charge in [0.2, 0.25) is 11.8 Å². The zero-order valence-electron chi connectivity index (χ0n) is 17.9. The number of H-pyrrole nitrogens is 1. The quantitative estimate of drug-likeness (QED) is 0.689. The summed E-state index contributed by atoms with van der Waals surface area (Å²) in [5, 5.41) is 1.13. The number of hydrogen-bond acceptors (Lipinski definition) is 3. The van der Waals surface area contributed by atoms with Gasteiger partial charge >= 0.3 is 0 Å². The first-order valence-corrected chi connectivity index (χ1v) is 11.0. The molecule has 6 nitrogen and oxygen atoms in total. The Bertz CT molecular complexity index is 1130. The molecule has 2 aliphatic rings. The average molecular weight is 418 g/mol. The summed E-state index contributed by atoms with van der Waals surface area (Å²) in [6, 6.07) is 15.2. The van der Waals surface area contributed by atoms with Crippen molar-refractivity contribution in [2.45, 2.75) is 38.3 Å². The highest BCUT2D eigenvalue weighted by molar-refractivity contribution is 5.97. The lowest BCUT2D eigenvalue weighted by Gasteiger charge is -2.47. The molecule has 2 aromatic carbocycles. The average Bonchev–Trinajstić information content (AvgIpc) is 3.17. The van der Waals surface area contributed by atoms with E-state index in [0.29, 0.717) is 13.0 Å². The first-order valence-electron chi connectivity index (χ1n) is 11.0. The molecule has 1 saturated heterocycles. The van der Waals surface area contributed by atoms with Crippen LogP contribution in [-0.2, 0) is 16.0 Å². The fourth-order valence-electron chi connectivity index (χ4n) is 4.99. The Balaban J connectivity index is 1.65. The van der Waals surface area contributed by atoms with Gasteiger partial charge < -0.3 is 19.5 Å². The topological polar surface area (TPSA) is 65.6 Å². The van der Waals surface area contributed by atoms with Gasteiger partial charge in [0.15, 0.2) is 0 Å². The number of piperazine rings is 1. The number of benzene rings is 2. The van der Waals surface area contributed by atoms with Crippen LogP contribution < -0.4 is 4.74 Å². The van der Waals surface area contributed by atoms with Crippen molar-refractivity contribution in [3.63, 3.8) is 0 Å². The van der Waals surface area contributed by atoms with Crippen molar-refractivity contribution in [1.29, 1.82) is 0 Å². The van der Waals surface area contributed by atoms with E-state index in [1.807, 2.05) is 41.3 Å². The molecule has 1 aromatic heterocycles. The summed E-state index contributed by atoms with van der Waals surface area (Å²) in [7, 11) is 1.64. The van der Waals surface area contributed by atoms with Crippen LogP contribution in [0.15, 0.2) is 48.5 Å². The minimum atomic E-state index is -0.475. The SMILES string of the molecule is CCCCN1CC(=O)N2[C@H](c3ccc(OC)cc3)c3[nH]c4ccccc4c3C[C@H]2C1=O. The molecule has 0 spiro atoms. The Kier molecular flexibility index (Phi) is 4.93. The van der Waals surface area contributed by atoms with Gasteiger partial charge in [-0.2, -0.15) is 0 Å². The van der Waals surface area contributed by atoms with Crippen molar-refractivity contribution in [3.8, 4) is 5.75 Å². The highest BCUT2D eigenvalue weighted by Gasteiger charge is 2.47. The molecule has 3 heterocycles. The zero-order valence-corrected chi connectivity index (χ0v) is 17.9. The van der Waals surface area contributed by atoms with E-state index < -0.39 is 6.04 Å². The van der Waals surface area contributed by atoms with Crippen LogP contribution in [0.4, 0.5) is 0 Å². The molecule has 1 N–H and O–H groups in total. The van der Waals surface area contributed by atoms with Crippen molar-refractivity contribution >= 4 is 22.7 Å². The molecule has 2 aliphatic heterocycles. The van der Waals surface area contributed by atoms with E-state index in [2.05, 4.69) is 24.0 Å². The highest BCUT2D eigenvalue weighted by Crippen LogP contribution is 2.42. The van der Waals surface area contributed by atoms with Crippen LogP contribution in [0.25, 0.3) is 10.9 Å². The standard InChI is InChI=1S/C25H27N3O3/c1-3-4-13-27-15-22(29)28-21(25(27)30)14-19-18-7-5-6-8-20(18)26-23(19)24(28)16-9-11-17(31-2)12-10-16/h5-12,21,24,26H,3-4,13-15H2,1-2H3/t21-,24+/m0/s1. The van der Waals surface area contributed by atoms with Gasteiger partial charge in [0, 0.05) is 29.6 Å². The fraction of sp³-hybridized carbons (Fsp3) is 0.360. The number of ether oxygens (including phenoxy) is 1. The zero-order chi connectivity index (χ0) is 21.5. The molecular weight excluding hydrogens is 390 g/mol. The molecule has 0 saturated carbocycles. The number of methoxy groups -OCH3 is 1. The number of aromatic nitrogens is 1. The Morgan fingerprint density at radius 2 is 1.87 bits per heavy atom. The number of para-hydroxylation sites is 1. The van der Waals surface area contributed by atoms with Gasteiger partial charge in [0.1, 0.15) is 11.8 Å². The first kappa shape index (κ1) is 19.7. The maximum absolute atomic E-state index is 13.5. The molecule has 0 aliphatic carbocycles. The summed E-state index contributed by atoms with van der Waals surface area (Å²) in [6.45, 7) is 2.89. The van der Waals surface area contributed by atoms with Crippen molar-refractivity contribution in [2.75, 3.05) is 20.2 Å². The molecule has 0 bridgehead atoms. The number of nitrogens with zero attached hydrogens (tertiary/aromatic N) is 2. The van der Waals surface area contributed by atoms with E-state index in [0.717, 1.165) is 46.3 Å². The molecule has 31 heavy (non-hydrogen) atoms. The smallest absolute Gasteiger partial charge is 0.246 e. The normalized spacial score (nSPS) is 20.7. The van der Waals surface area contributed by atoms with Gasteiger partial charge in [0.25, 0.3) is 0 Å². The van der Waals surface area contributed by atoms with Crippen LogP contribution >= 0.6 is 0 Å². The maximum Gasteiger partial charge on any atom is 0.246 e. The van der Waals surface area contributed by atoms with Crippen molar-refractivity contribution in [3.05, 3.63) is 65.4 Å². The number of carbonyl (C=O) groups is 2.